The highest BCUT2D eigenvalue weighted by atomic mass is 16.2. The third-order valence-corrected chi connectivity index (χ3v) is 4.84. The molecule has 0 atom stereocenters. The molecule has 1 aliphatic rings. The summed E-state index contributed by atoms with van der Waals surface area (Å²) >= 11 is 0. The van der Waals surface area contributed by atoms with Crippen molar-refractivity contribution in [1.82, 2.24) is 14.8 Å². The van der Waals surface area contributed by atoms with Crippen molar-refractivity contribution < 1.29 is 9.59 Å². The smallest absolute Gasteiger partial charge is 0.255 e. The largest absolute Gasteiger partial charge is 0.335 e. The van der Waals surface area contributed by atoms with Gasteiger partial charge in [-0.1, -0.05) is 26.0 Å². The van der Waals surface area contributed by atoms with E-state index in [0.717, 1.165) is 5.69 Å². The molecular formula is C21H25N3O2. The van der Waals surface area contributed by atoms with E-state index in [4.69, 9.17) is 0 Å². The summed E-state index contributed by atoms with van der Waals surface area (Å²) in [6.45, 7) is 8.36. The van der Waals surface area contributed by atoms with Gasteiger partial charge in [0.1, 0.15) is 0 Å². The average Bonchev–Trinajstić information content (AvgIpc) is 2.67. The Balaban J connectivity index is 1.60. The lowest BCUT2D eigenvalue weighted by atomic mass is 10.0. The molecule has 1 aromatic heterocycles. The van der Waals surface area contributed by atoms with E-state index in [2.05, 4.69) is 18.8 Å². The van der Waals surface area contributed by atoms with Crippen molar-refractivity contribution in [2.24, 2.45) is 0 Å². The maximum absolute atomic E-state index is 12.7. The molecule has 5 nitrogen and oxygen atoms in total. The number of hydrogen-bond acceptors (Lipinski definition) is 3. The molecule has 3 rings (SSSR count). The van der Waals surface area contributed by atoms with Crippen LogP contribution in [0.1, 0.15) is 51.7 Å². The van der Waals surface area contributed by atoms with Crippen LogP contribution in [0.4, 0.5) is 0 Å². The summed E-state index contributed by atoms with van der Waals surface area (Å²) < 4.78 is 0. The Hall–Kier alpha value is -2.69. The zero-order valence-corrected chi connectivity index (χ0v) is 15.6. The lowest BCUT2D eigenvalue weighted by Crippen LogP contribution is -2.50. The van der Waals surface area contributed by atoms with Crippen molar-refractivity contribution in [3.63, 3.8) is 0 Å². The van der Waals surface area contributed by atoms with Crippen molar-refractivity contribution in [2.45, 2.75) is 26.7 Å². The molecular weight excluding hydrogens is 326 g/mol. The lowest BCUT2D eigenvalue weighted by Gasteiger charge is -2.34. The number of piperazine rings is 1. The SMILES string of the molecule is Cc1ccc(C(=O)N2CCN(C(=O)c3ccc(C(C)C)cc3)CC2)cn1. The summed E-state index contributed by atoms with van der Waals surface area (Å²) in [6, 6.07) is 11.5. The minimum Gasteiger partial charge on any atom is -0.335 e. The van der Waals surface area contributed by atoms with E-state index in [1.165, 1.54) is 5.56 Å². The molecule has 0 aliphatic carbocycles. The maximum atomic E-state index is 12.7. The first-order valence-corrected chi connectivity index (χ1v) is 9.07. The number of aromatic nitrogens is 1. The Bertz CT molecular complexity index is 774. The molecule has 0 saturated carbocycles. The van der Waals surface area contributed by atoms with Gasteiger partial charge in [-0.05, 0) is 42.7 Å². The zero-order chi connectivity index (χ0) is 18.7. The Morgan fingerprint density at radius 1 is 0.846 bits per heavy atom. The van der Waals surface area contributed by atoms with Crippen LogP contribution in [0.3, 0.4) is 0 Å². The number of aryl methyl sites for hydroxylation is 1. The fourth-order valence-corrected chi connectivity index (χ4v) is 3.08. The molecule has 1 aliphatic heterocycles. The number of nitrogens with zero attached hydrogens (tertiary/aromatic N) is 3. The van der Waals surface area contributed by atoms with E-state index in [-0.39, 0.29) is 11.8 Å². The number of benzene rings is 1. The third kappa shape index (κ3) is 3.93. The first kappa shape index (κ1) is 18.1. The fourth-order valence-electron chi connectivity index (χ4n) is 3.08. The fraction of sp³-hybridized carbons (Fsp3) is 0.381. The third-order valence-electron chi connectivity index (χ3n) is 4.84. The molecule has 5 heteroatoms. The van der Waals surface area contributed by atoms with Crippen molar-refractivity contribution >= 4 is 11.8 Å². The number of carbonyl (C=O) groups is 2. The Morgan fingerprint density at radius 3 is 1.81 bits per heavy atom. The summed E-state index contributed by atoms with van der Waals surface area (Å²) in [7, 11) is 0. The highest BCUT2D eigenvalue weighted by molar-refractivity contribution is 5.95. The van der Waals surface area contributed by atoms with Gasteiger partial charge < -0.3 is 9.80 Å². The topological polar surface area (TPSA) is 53.5 Å². The Labute approximate surface area is 154 Å². The van der Waals surface area contributed by atoms with E-state index in [9.17, 15) is 9.59 Å². The number of hydrogen-bond donors (Lipinski definition) is 0. The van der Waals surface area contributed by atoms with E-state index in [1.807, 2.05) is 42.2 Å². The molecule has 1 aromatic carbocycles. The maximum Gasteiger partial charge on any atom is 0.255 e. The van der Waals surface area contributed by atoms with Gasteiger partial charge in [0, 0.05) is 43.6 Å². The van der Waals surface area contributed by atoms with Gasteiger partial charge in [0.25, 0.3) is 11.8 Å². The quantitative estimate of drug-likeness (QED) is 0.854. The first-order chi connectivity index (χ1) is 12.5. The second kappa shape index (κ2) is 7.68. The van der Waals surface area contributed by atoms with Gasteiger partial charge >= 0.3 is 0 Å². The number of amides is 2. The zero-order valence-electron chi connectivity index (χ0n) is 15.6. The second-order valence-electron chi connectivity index (χ2n) is 7.05. The van der Waals surface area contributed by atoms with Gasteiger partial charge in [-0.25, -0.2) is 0 Å². The Morgan fingerprint density at radius 2 is 1.35 bits per heavy atom. The standard InChI is InChI=1S/C21H25N3O2/c1-15(2)17-6-8-18(9-7-17)20(25)23-10-12-24(13-11-23)21(26)19-5-4-16(3)22-14-19/h4-9,14-15H,10-13H2,1-3H3. The van der Waals surface area contributed by atoms with Crippen LogP contribution in [0.5, 0.6) is 0 Å². The van der Waals surface area contributed by atoms with E-state index in [1.54, 1.807) is 17.2 Å². The predicted octanol–water partition coefficient (Wildman–Crippen LogP) is 3.11. The summed E-state index contributed by atoms with van der Waals surface area (Å²) in [6.07, 6.45) is 1.62. The van der Waals surface area contributed by atoms with Crippen LogP contribution >= 0.6 is 0 Å². The van der Waals surface area contributed by atoms with Crippen LogP contribution in [0.2, 0.25) is 0 Å². The van der Waals surface area contributed by atoms with Gasteiger partial charge in [0.15, 0.2) is 0 Å². The van der Waals surface area contributed by atoms with E-state index >= 15 is 0 Å². The lowest BCUT2D eigenvalue weighted by molar-refractivity contribution is 0.0535. The Kier molecular flexibility index (Phi) is 5.35. The molecule has 0 spiro atoms. The van der Waals surface area contributed by atoms with Crippen LogP contribution in [0.15, 0.2) is 42.6 Å². The highest BCUT2D eigenvalue weighted by Crippen LogP contribution is 2.17. The van der Waals surface area contributed by atoms with Gasteiger partial charge in [0.2, 0.25) is 0 Å². The molecule has 26 heavy (non-hydrogen) atoms. The summed E-state index contributed by atoms with van der Waals surface area (Å²) in [4.78, 5) is 33.0. The predicted molar refractivity (Wildman–Crippen MR) is 101 cm³/mol. The molecule has 0 bridgehead atoms. The average molecular weight is 351 g/mol. The van der Waals surface area contributed by atoms with Crippen LogP contribution in [-0.4, -0.2) is 52.8 Å². The molecule has 1 saturated heterocycles. The highest BCUT2D eigenvalue weighted by Gasteiger charge is 2.25. The minimum absolute atomic E-state index is 0.0223. The van der Waals surface area contributed by atoms with E-state index in [0.29, 0.717) is 43.2 Å². The van der Waals surface area contributed by atoms with Crippen LogP contribution in [0.25, 0.3) is 0 Å². The molecule has 2 amide bonds. The molecule has 0 radical (unpaired) electrons. The molecule has 2 heterocycles. The molecule has 136 valence electrons. The molecule has 0 unspecified atom stereocenters. The van der Waals surface area contributed by atoms with Gasteiger partial charge in [0.05, 0.1) is 5.56 Å². The second-order valence-corrected chi connectivity index (χ2v) is 7.05. The number of rotatable bonds is 3. The number of carbonyl (C=O) groups excluding carboxylic acids is 2. The number of pyridine rings is 1. The van der Waals surface area contributed by atoms with Crippen LogP contribution in [-0.2, 0) is 0 Å². The normalized spacial score (nSPS) is 14.6. The monoisotopic (exact) mass is 351 g/mol. The van der Waals surface area contributed by atoms with Crippen molar-refractivity contribution in [1.29, 1.82) is 0 Å². The van der Waals surface area contributed by atoms with Gasteiger partial charge in [-0.2, -0.15) is 0 Å². The van der Waals surface area contributed by atoms with Crippen LogP contribution in [0, 0.1) is 6.92 Å². The summed E-state index contributed by atoms with van der Waals surface area (Å²) in [5.41, 5.74) is 3.42. The molecule has 2 aromatic rings. The van der Waals surface area contributed by atoms with E-state index < -0.39 is 0 Å². The first-order valence-electron chi connectivity index (χ1n) is 9.07. The van der Waals surface area contributed by atoms with Crippen molar-refractivity contribution in [2.75, 3.05) is 26.2 Å². The summed E-state index contributed by atoms with van der Waals surface area (Å²) in [5.74, 6) is 0.459. The summed E-state index contributed by atoms with van der Waals surface area (Å²) in [5, 5.41) is 0. The van der Waals surface area contributed by atoms with Crippen molar-refractivity contribution in [3.05, 3.63) is 65.0 Å². The van der Waals surface area contributed by atoms with Crippen LogP contribution < -0.4 is 0 Å². The van der Waals surface area contributed by atoms with Gasteiger partial charge in [-0.15, -0.1) is 0 Å². The molecule has 0 N–H and O–H groups in total. The van der Waals surface area contributed by atoms with Gasteiger partial charge in [-0.3, -0.25) is 14.6 Å². The minimum atomic E-state index is -0.0223. The molecule has 1 fully saturated rings. The van der Waals surface area contributed by atoms with Crippen molar-refractivity contribution in [3.8, 4) is 0 Å².